The Hall–Kier alpha value is -2.37. The monoisotopic (exact) mass is 280 g/mol. The van der Waals surface area contributed by atoms with Gasteiger partial charge in [-0.15, -0.1) is 0 Å². The lowest BCUT2D eigenvalue weighted by molar-refractivity contribution is 0.0928. The minimum Gasteiger partial charge on any atom is -0.508 e. The maximum absolute atomic E-state index is 12.4. The predicted molar refractivity (Wildman–Crippen MR) is 69.7 cm³/mol. The standard InChI is InChI=1S/C14H14F2N2O2/c15-13(16)9-18-7-3-5-11(18)14(20)17-8-10-4-1-2-6-12(10)19/h1-7,13,19H,8-9H2,(H,17,20). The molecule has 4 nitrogen and oxygen atoms in total. The quantitative estimate of drug-likeness (QED) is 0.883. The molecule has 0 fully saturated rings. The third kappa shape index (κ3) is 3.34. The van der Waals surface area contributed by atoms with Crippen molar-refractivity contribution in [2.45, 2.75) is 19.5 Å². The lowest BCUT2D eigenvalue weighted by atomic mass is 10.2. The Morgan fingerprint density at radius 2 is 2.00 bits per heavy atom. The fourth-order valence-corrected chi connectivity index (χ4v) is 1.85. The summed E-state index contributed by atoms with van der Waals surface area (Å²) in [6.45, 7) is -0.391. The van der Waals surface area contributed by atoms with Crippen LogP contribution in [0, 0.1) is 0 Å². The van der Waals surface area contributed by atoms with Gasteiger partial charge < -0.3 is 15.0 Å². The van der Waals surface area contributed by atoms with E-state index in [1.54, 1.807) is 18.2 Å². The highest BCUT2D eigenvalue weighted by molar-refractivity contribution is 5.92. The first-order valence-corrected chi connectivity index (χ1v) is 6.06. The van der Waals surface area contributed by atoms with E-state index < -0.39 is 18.9 Å². The molecule has 0 aliphatic carbocycles. The smallest absolute Gasteiger partial charge is 0.268 e. The van der Waals surface area contributed by atoms with E-state index in [1.165, 1.54) is 29.0 Å². The van der Waals surface area contributed by atoms with E-state index in [0.717, 1.165) is 0 Å². The molecule has 0 aliphatic heterocycles. The number of hydrogen-bond acceptors (Lipinski definition) is 2. The van der Waals surface area contributed by atoms with Crippen molar-refractivity contribution in [3.63, 3.8) is 0 Å². The third-order valence-corrected chi connectivity index (χ3v) is 2.83. The van der Waals surface area contributed by atoms with Crippen LogP contribution in [0.25, 0.3) is 0 Å². The van der Waals surface area contributed by atoms with Crippen LogP contribution in [0.2, 0.25) is 0 Å². The van der Waals surface area contributed by atoms with Gasteiger partial charge in [-0.05, 0) is 18.2 Å². The van der Waals surface area contributed by atoms with Gasteiger partial charge in [0.25, 0.3) is 12.3 Å². The van der Waals surface area contributed by atoms with Gasteiger partial charge >= 0.3 is 0 Å². The number of phenols is 1. The average molecular weight is 280 g/mol. The van der Waals surface area contributed by atoms with E-state index in [9.17, 15) is 18.7 Å². The van der Waals surface area contributed by atoms with Crippen molar-refractivity contribution in [1.82, 2.24) is 9.88 Å². The Balaban J connectivity index is 2.02. The molecule has 0 saturated carbocycles. The predicted octanol–water partition coefficient (Wildman–Crippen LogP) is 2.39. The first-order valence-electron chi connectivity index (χ1n) is 6.06. The number of amides is 1. The number of carbonyl (C=O) groups is 1. The number of nitrogens with one attached hydrogen (secondary N) is 1. The zero-order valence-electron chi connectivity index (χ0n) is 10.6. The summed E-state index contributed by atoms with van der Waals surface area (Å²) in [5.74, 6) is -0.380. The fourth-order valence-electron chi connectivity index (χ4n) is 1.85. The Morgan fingerprint density at radius 3 is 2.70 bits per heavy atom. The summed E-state index contributed by atoms with van der Waals surface area (Å²) in [5, 5.41) is 12.2. The molecule has 2 N–H and O–H groups in total. The van der Waals surface area contributed by atoms with Crippen molar-refractivity contribution >= 4 is 5.91 Å². The summed E-state index contributed by atoms with van der Waals surface area (Å²) >= 11 is 0. The van der Waals surface area contributed by atoms with Crippen LogP contribution in [0.3, 0.4) is 0 Å². The number of aromatic hydroxyl groups is 1. The molecule has 1 aromatic heterocycles. The SMILES string of the molecule is O=C(NCc1ccccc1O)c1cccn1CC(F)F. The van der Waals surface area contributed by atoms with Crippen LogP contribution >= 0.6 is 0 Å². The first-order chi connectivity index (χ1) is 9.58. The number of phenolic OH excluding ortho intramolecular Hbond substituents is 1. The van der Waals surface area contributed by atoms with Gasteiger partial charge in [-0.1, -0.05) is 18.2 Å². The number of hydrogen-bond donors (Lipinski definition) is 2. The number of benzene rings is 1. The highest BCUT2D eigenvalue weighted by atomic mass is 19.3. The minimum absolute atomic E-state index is 0.0794. The molecule has 0 radical (unpaired) electrons. The van der Waals surface area contributed by atoms with Crippen LogP contribution in [0.4, 0.5) is 8.78 Å². The average Bonchev–Trinajstić information content (AvgIpc) is 2.85. The summed E-state index contributed by atoms with van der Waals surface area (Å²) in [6, 6.07) is 9.61. The maximum Gasteiger partial charge on any atom is 0.268 e. The third-order valence-electron chi connectivity index (χ3n) is 2.83. The van der Waals surface area contributed by atoms with Gasteiger partial charge in [-0.2, -0.15) is 0 Å². The summed E-state index contributed by atoms with van der Waals surface area (Å²) in [6.07, 6.45) is -1.09. The molecule has 2 aromatic rings. The van der Waals surface area contributed by atoms with Crippen LogP contribution in [-0.4, -0.2) is 22.0 Å². The highest BCUT2D eigenvalue weighted by Crippen LogP contribution is 2.15. The highest BCUT2D eigenvalue weighted by Gasteiger charge is 2.13. The van der Waals surface area contributed by atoms with E-state index in [2.05, 4.69) is 5.32 Å². The molecule has 1 aromatic carbocycles. The van der Waals surface area contributed by atoms with E-state index in [4.69, 9.17) is 0 Å². The Labute approximate surface area is 114 Å². The number of nitrogens with zero attached hydrogens (tertiary/aromatic N) is 1. The van der Waals surface area contributed by atoms with Crippen molar-refractivity contribution in [3.8, 4) is 5.75 Å². The van der Waals surface area contributed by atoms with Crippen molar-refractivity contribution in [2.75, 3.05) is 0 Å². The second-order valence-corrected chi connectivity index (χ2v) is 4.25. The Kier molecular flexibility index (Phi) is 4.34. The van der Waals surface area contributed by atoms with Gasteiger partial charge in [0.15, 0.2) is 0 Å². The summed E-state index contributed by atoms with van der Waals surface area (Å²) in [5.41, 5.74) is 0.730. The molecular formula is C14H14F2N2O2. The number of carbonyl (C=O) groups excluding carboxylic acids is 1. The van der Waals surface area contributed by atoms with Gasteiger partial charge in [0, 0.05) is 18.3 Å². The lowest BCUT2D eigenvalue weighted by Crippen LogP contribution is -2.26. The van der Waals surface area contributed by atoms with Crippen LogP contribution in [0.1, 0.15) is 16.1 Å². The molecule has 2 rings (SSSR count). The normalized spacial score (nSPS) is 10.8. The number of para-hydroxylation sites is 1. The molecule has 106 valence electrons. The molecule has 0 spiro atoms. The van der Waals surface area contributed by atoms with E-state index >= 15 is 0 Å². The second-order valence-electron chi connectivity index (χ2n) is 4.25. The van der Waals surface area contributed by atoms with Crippen molar-refractivity contribution in [2.24, 2.45) is 0 Å². The van der Waals surface area contributed by atoms with Crippen LogP contribution in [0.15, 0.2) is 42.6 Å². The van der Waals surface area contributed by atoms with Crippen molar-refractivity contribution < 1.29 is 18.7 Å². The Bertz CT molecular complexity index is 596. The van der Waals surface area contributed by atoms with E-state index in [0.29, 0.717) is 5.56 Å². The van der Waals surface area contributed by atoms with Crippen LogP contribution in [0.5, 0.6) is 5.75 Å². The molecule has 1 heterocycles. The largest absolute Gasteiger partial charge is 0.508 e. The maximum atomic E-state index is 12.4. The summed E-state index contributed by atoms with van der Waals surface area (Å²) in [4.78, 5) is 11.9. The van der Waals surface area contributed by atoms with E-state index in [-0.39, 0.29) is 18.0 Å². The van der Waals surface area contributed by atoms with Gasteiger partial charge in [0.2, 0.25) is 0 Å². The topological polar surface area (TPSA) is 54.3 Å². The molecular weight excluding hydrogens is 266 g/mol. The van der Waals surface area contributed by atoms with Gasteiger partial charge in [0.1, 0.15) is 11.4 Å². The zero-order chi connectivity index (χ0) is 14.5. The summed E-state index contributed by atoms with van der Waals surface area (Å²) < 4.78 is 25.9. The van der Waals surface area contributed by atoms with Crippen LogP contribution < -0.4 is 5.32 Å². The van der Waals surface area contributed by atoms with Gasteiger partial charge in [-0.25, -0.2) is 8.78 Å². The van der Waals surface area contributed by atoms with E-state index in [1.807, 2.05) is 0 Å². The fraction of sp³-hybridized carbons (Fsp3) is 0.214. The number of rotatable bonds is 5. The van der Waals surface area contributed by atoms with Crippen LogP contribution in [-0.2, 0) is 13.1 Å². The Morgan fingerprint density at radius 1 is 1.25 bits per heavy atom. The molecule has 0 bridgehead atoms. The van der Waals surface area contributed by atoms with Crippen molar-refractivity contribution in [3.05, 3.63) is 53.9 Å². The number of alkyl halides is 2. The molecule has 0 saturated heterocycles. The molecule has 20 heavy (non-hydrogen) atoms. The molecule has 6 heteroatoms. The van der Waals surface area contributed by atoms with Gasteiger partial charge in [0.05, 0.1) is 6.54 Å². The molecule has 0 aliphatic rings. The molecule has 0 unspecified atom stereocenters. The minimum atomic E-state index is -2.52. The van der Waals surface area contributed by atoms with Gasteiger partial charge in [-0.3, -0.25) is 4.79 Å². The second kappa shape index (κ2) is 6.18. The first kappa shape index (κ1) is 14.0. The molecule has 1 amide bonds. The zero-order valence-corrected chi connectivity index (χ0v) is 10.6. The lowest BCUT2D eigenvalue weighted by Gasteiger charge is -2.10. The summed E-state index contributed by atoms with van der Waals surface area (Å²) in [7, 11) is 0. The molecule has 0 atom stereocenters. The number of aromatic nitrogens is 1. The van der Waals surface area contributed by atoms with Crippen molar-refractivity contribution in [1.29, 1.82) is 0 Å². The number of halogens is 2.